The maximum atomic E-state index is 12.9. The van der Waals surface area contributed by atoms with E-state index >= 15 is 0 Å². The summed E-state index contributed by atoms with van der Waals surface area (Å²) in [5.41, 5.74) is 1.44. The molecular weight excluding hydrogens is 384 g/mol. The number of benzene rings is 1. The van der Waals surface area contributed by atoms with Gasteiger partial charge in [-0.05, 0) is 12.1 Å². The third-order valence-electron chi connectivity index (χ3n) is 4.60. The molecule has 1 aliphatic rings. The smallest absolute Gasteiger partial charge is 0.276 e. The van der Waals surface area contributed by atoms with Crippen molar-refractivity contribution in [1.82, 2.24) is 14.5 Å². The fourth-order valence-electron chi connectivity index (χ4n) is 3.10. The van der Waals surface area contributed by atoms with E-state index in [4.69, 9.17) is 13.6 Å². The van der Waals surface area contributed by atoms with Gasteiger partial charge >= 0.3 is 0 Å². The van der Waals surface area contributed by atoms with Crippen molar-refractivity contribution in [3.05, 3.63) is 42.5 Å². The number of sulfonamides is 1. The van der Waals surface area contributed by atoms with Gasteiger partial charge in [-0.3, -0.25) is 0 Å². The van der Waals surface area contributed by atoms with Crippen LogP contribution >= 0.6 is 0 Å². The van der Waals surface area contributed by atoms with E-state index in [0.29, 0.717) is 37.6 Å². The fourth-order valence-corrected chi connectivity index (χ4v) is 4.44. The number of furan rings is 1. The second kappa shape index (κ2) is 7.28. The lowest BCUT2D eigenvalue weighted by Gasteiger charge is -2.35. The lowest BCUT2D eigenvalue weighted by Crippen LogP contribution is -2.48. The third kappa shape index (κ3) is 3.48. The molecule has 0 bridgehead atoms. The molecule has 9 nitrogen and oxygen atoms in total. The van der Waals surface area contributed by atoms with Crippen LogP contribution in [0.15, 0.2) is 50.5 Å². The molecule has 1 aromatic carbocycles. The Morgan fingerprint density at radius 1 is 1.11 bits per heavy atom. The van der Waals surface area contributed by atoms with Gasteiger partial charge in [0.15, 0.2) is 0 Å². The van der Waals surface area contributed by atoms with Crippen molar-refractivity contribution in [3.63, 3.8) is 0 Å². The molecule has 0 atom stereocenters. The number of ether oxygens (including phenoxy) is 1. The lowest BCUT2D eigenvalue weighted by molar-refractivity contribution is 0.361. The average molecular weight is 404 g/mol. The van der Waals surface area contributed by atoms with E-state index in [1.54, 1.807) is 14.0 Å². The van der Waals surface area contributed by atoms with Crippen LogP contribution in [0.5, 0.6) is 5.75 Å². The van der Waals surface area contributed by atoms with Crippen LogP contribution in [0.3, 0.4) is 0 Å². The maximum Gasteiger partial charge on any atom is 0.276 e. The standard InChI is InChI=1S/C18H20N4O5S/c1-13-19-20-18(27-13)14-10-17(26-12-14)28(23,24)22-8-6-21(7-9-22)15-4-3-5-16(11-15)25-2/h3-5,10-12H,6-9H2,1-2H3. The Morgan fingerprint density at radius 2 is 1.89 bits per heavy atom. The number of methoxy groups -OCH3 is 1. The van der Waals surface area contributed by atoms with Crippen molar-refractivity contribution in [1.29, 1.82) is 0 Å². The molecule has 4 rings (SSSR count). The highest BCUT2D eigenvalue weighted by atomic mass is 32.2. The van der Waals surface area contributed by atoms with Gasteiger partial charge in [-0.1, -0.05) is 6.07 Å². The highest BCUT2D eigenvalue weighted by Gasteiger charge is 2.31. The van der Waals surface area contributed by atoms with Gasteiger partial charge in [0.2, 0.25) is 11.0 Å². The Kier molecular flexibility index (Phi) is 4.82. The first-order chi connectivity index (χ1) is 13.5. The molecule has 2 aromatic heterocycles. The van der Waals surface area contributed by atoms with Gasteiger partial charge < -0.3 is 18.5 Å². The van der Waals surface area contributed by atoms with E-state index < -0.39 is 10.0 Å². The van der Waals surface area contributed by atoms with E-state index in [1.165, 1.54) is 16.6 Å². The van der Waals surface area contributed by atoms with Crippen molar-refractivity contribution >= 4 is 15.7 Å². The fraction of sp³-hybridized carbons (Fsp3) is 0.333. The summed E-state index contributed by atoms with van der Waals surface area (Å²) in [6.07, 6.45) is 1.31. The van der Waals surface area contributed by atoms with Crippen LogP contribution in [-0.2, 0) is 10.0 Å². The van der Waals surface area contributed by atoms with E-state index in [0.717, 1.165) is 11.4 Å². The molecule has 1 aliphatic heterocycles. The van der Waals surface area contributed by atoms with Gasteiger partial charge in [0, 0.05) is 50.9 Å². The Balaban J connectivity index is 1.47. The van der Waals surface area contributed by atoms with Crippen molar-refractivity contribution in [2.45, 2.75) is 12.0 Å². The summed E-state index contributed by atoms with van der Waals surface area (Å²) in [7, 11) is -2.11. The number of piperazine rings is 1. The van der Waals surface area contributed by atoms with Gasteiger partial charge in [-0.15, -0.1) is 10.2 Å². The second-order valence-corrected chi connectivity index (χ2v) is 8.24. The number of hydrogen-bond acceptors (Lipinski definition) is 8. The second-order valence-electron chi connectivity index (χ2n) is 6.37. The summed E-state index contributed by atoms with van der Waals surface area (Å²) < 4.78 is 43.1. The molecule has 0 unspecified atom stereocenters. The normalized spacial score (nSPS) is 15.7. The molecule has 0 radical (unpaired) electrons. The number of aryl methyl sites for hydroxylation is 1. The first kappa shape index (κ1) is 18.5. The molecule has 10 heteroatoms. The van der Waals surface area contributed by atoms with E-state index in [1.807, 2.05) is 24.3 Å². The number of rotatable bonds is 5. The van der Waals surface area contributed by atoms with Crippen LogP contribution < -0.4 is 9.64 Å². The van der Waals surface area contributed by atoms with Crippen LogP contribution in [0.4, 0.5) is 5.69 Å². The minimum absolute atomic E-state index is 0.131. The molecule has 1 saturated heterocycles. The van der Waals surface area contributed by atoms with E-state index in [9.17, 15) is 8.42 Å². The summed E-state index contributed by atoms with van der Waals surface area (Å²) in [6, 6.07) is 9.13. The van der Waals surface area contributed by atoms with Crippen molar-refractivity contribution in [2.75, 3.05) is 38.2 Å². The van der Waals surface area contributed by atoms with Gasteiger partial charge in [0.1, 0.15) is 12.0 Å². The van der Waals surface area contributed by atoms with Crippen LogP contribution in [-0.4, -0.2) is 56.2 Å². The van der Waals surface area contributed by atoms with Gasteiger partial charge in [-0.2, -0.15) is 4.31 Å². The molecule has 0 aliphatic carbocycles. The lowest BCUT2D eigenvalue weighted by atomic mass is 10.2. The molecule has 0 amide bonds. The summed E-state index contributed by atoms with van der Waals surface area (Å²) >= 11 is 0. The molecule has 0 spiro atoms. The monoisotopic (exact) mass is 404 g/mol. The topological polar surface area (TPSA) is 102 Å². The van der Waals surface area contributed by atoms with Gasteiger partial charge in [-0.25, -0.2) is 8.42 Å². The predicted molar refractivity (Wildman–Crippen MR) is 101 cm³/mol. The average Bonchev–Trinajstić information content (AvgIpc) is 3.37. The highest BCUT2D eigenvalue weighted by molar-refractivity contribution is 7.89. The quantitative estimate of drug-likeness (QED) is 0.637. The first-order valence-electron chi connectivity index (χ1n) is 8.75. The first-order valence-corrected chi connectivity index (χ1v) is 10.2. The summed E-state index contributed by atoms with van der Waals surface area (Å²) in [6.45, 7) is 3.52. The molecule has 1 fully saturated rings. The van der Waals surface area contributed by atoms with Crippen LogP contribution in [0.1, 0.15) is 5.89 Å². The maximum absolute atomic E-state index is 12.9. The molecule has 148 valence electrons. The number of nitrogens with zero attached hydrogens (tertiary/aromatic N) is 4. The third-order valence-corrected chi connectivity index (χ3v) is 6.37. The number of aromatic nitrogens is 2. The van der Waals surface area contributed by atoms with Crippen LogP contribution in [0.25, 0.3) is 11.5 Å². The van der Waals surface area contributed by atoms with Gasteiger partial charge in [0.25, 0.3) is 15.9 Å². The molecule has 28 heavy (non-hydrogen) atoms. The van der Waals surface area contributed by atoms with E-state index in [2.05, 4.69) is 15.1 Å². The molecule has 0 N–H and O–H groups in total. The van der Waals surface area contributed by atoms with Gasteiger partial charge in [0.05, 0.1) is 12.7 Å². The Hall–Kier alpha value is -2.85. The SMILES string of the molecule is COc1cccc(N2CCN(S(=O)(=O)c3cc(-c4nnc(C)o4)co3)CC2)c1. The van der Waals surface area contributed by atoms with Crippen molar-refractivity contribution < 1.29 is 22.0 Å². The molecule has 0 saturated carbocycles. The Labute approximate surface area is 162 Å². The largest absolute Gasteiger partial charge is 0.497 e. The zero-order valence-corrected chi connectivity index (χ0v) is 16.3. The van der Waals surface area contributed by atoms with Crippen LogP contribution in [0.2, 0.25) is 0 Å². The highest BCUT2D eigenvalue weighted by Crippen LogP contribution is 2.27. The zero-order valence-electron chi connectivity index (χ0n) is 15.5. The number of hydrogen-bond donors (Lipinski definition) is 0. The molecule has 3 heterocycles. The van der Waals surface area contributed by atoms with Crippen LogP contribution in [0, 0.1) is 6.92 Å². The molecular formula is C18H20N4O5S. The minimum Gasteiger partial charge on any atom is -0.497 e. The summed E-state index contributed by atoms with van der Waals surface area (Å²) in [5.74, 6) is 1.40. The summed E-state index contributed by atoms with van der Waals surface area (Å²) in [5, 5.41) is 7.49. The minimum atomic E-state index is -3.74. The predicted octanol–water partition coefficient (Wildman–Crippen LogP) is 2.16. The van der Waals surface area contributed by atoms with Crippen molar-refractivity contribution in [2.24, 2.45) is 0 Å². The zero-order chi connectivity index (χ0) is 19.7. The Bertz CT molecular complexity index is 1070. The Morgan fingerprint density at radius 3 is 2.57 bits per heavy atom. The summed E-state index contributed by atoms with van der Waals surface area (Å²) in [4.78, 5) is 2.13. The van der Waals surface area contributed by atoms with Crippen molar-refractivity contribution in [3.8, 4) is 17.2 Å². The molecule has 3 aromatic rings. The van der Waals surface area contributed by atoms with E-state index in [-0.39, 0.29) is 11.0 Å². The number of anilines is 1.